The predicted octanol–water partition coefficient (Wildman–Crippen LogP) is 2.68. The molecule has 0 unspecified atom stereocenters. The molecule has 1 aromatic heterocycles. The molecule has 2 heterocycles. The lowest BCUT2D eigenvalue weighted by atomic mass is 9.71. The molecule has 4 nitrogen and oxygen atoms in total. The molecule has 1 N–H and O–H groups in total. The van der Waals surface area contributed by atoms with Crippen LogP contribution >= 0.6 is 0 Å². The van der Waals surface area contributed by atoms with Gasteiger partial charge in [-0.15, -0.1) is 0 Å². The number of likely N-dealkylation sites (tertiary alicyclic amines) is 1. The minimum absolute atomic E-state index is 0.139. The highest BCUT2D eigenvalue weighted by molar-refractivity contribution is 5.95. The Labute approximate surface area is 113 Å². The van der Waals surface area contributed by atoms with Gasteiger partial charge in [0.25, 0.3) is 5.91 Å². The van der Waals surface area contributed by atoms with Crippen LogP contribution in [-0.4, -0.2) is 34.1 Å². The van der Waals surface area contributed by atoms with Crippen LogP contribution in [0.5, 0.6) is 0 Å². The van der Waals surface area contributed by atoms with E-state index in [-0.39, 0.29) is 5.91 Å². The van der Waals surface area contributed by atoms with E-state index >= 15 is 0 Å². The third-order valence-corrected chi connectivity index (χ3v) is 4.57. The van der Waals surface area contributed by atoms with Crippen molar-refractivity contribution in [3.63, 3.8) is 0 Å². The fraction of sp³-hybridized carbons (Fsp3) is 0.600. The molecule has 1 amide bonds. The summed E-state index contributed by atoms with van der Waals surface area (Å²) in [7, 11) is 0. The summed E-state index contributed by atoms with van der Waals surface area (Å²) in [5.74, 6) is 0.139. The molecule has 1 fully saturated rings. The lowest BCUT2D eigenvalue weighted by Gasteiger charge is -2.43. The van der Waals surface area contributed by atoms with E-state index in [1.807, 2.05) is 11.8 Å². The number of carbonyl (C=O) groups is 1. The van der Waals surface area contributed by atoms with Gasteiger partial charge in [0.05, 0.1) is 11.8 Å². The second-order valence-electron chi connectivity index (χ2n) is 5.95. The van der Waals surface area contributed by atoms with E-state index in [4.69, 9.17) is 0 Å². The van der Waals surface area contributed by atoms with E-state index in [1.54, 1.807) is 6.20 Å². The molecule has 19 heavy (non-hydrogen) atoms. The first-order valence-electron chi connectivity index (χ1n) is 7.14. The van der Waals surface area contributed by atoms with Crippen molar-refractivity contribution in [1.82, 2.24) is 15.1 Å². The number of amides is 1. The number of hydrogen-bond acceptors (Lipinski definition) is 2. The molecule has 1 aromatic rings. The van der Waals surface area contributed by atoms with Crippen molar-refractivity contribution >= 4 is 5.91 Å². The van der Waals surface area contributed by atoms with Crippen LogP contribution in [0.25, 0.3) is 0 Å². The summed E-state index contributed by atoms with van der Waals surface area (Å²) in [6.45, 7) is 3.69. The first-order valence-corrected chi connectivity index (χ1v) is 7.14. The molecule has 3 rings (SSSR count). The lowest BCUT2D eigenvalue weighted by molar-refractivity contribution is 0.0484. The molecular formula is C15H21N3O. The highest BCUT2D eigenvalue weighted by Crippen LogP contribution is 2.41. The third kappa shape index (κ3) is 2.31. The number of nitrogens with zero attached hydrogens (tertiary/aromatic N) is 2. The number of rotatable bonds is 1. The van der Waals surface area contributed by atoms with Gasteiger partial charge in [0.2, 0.25) is 0 Å². The number of piperidine rings is 1. The zero-order chi connectivity index (χ0) is 13.3. The van der Waals surface area contributed by atoms with Crippen molar-refractivity contribution in [3.8, 4) is 0 Å². The number of aromatic nitrogens is 2. The molecule has 1 aliphatic heterocycles. The Balaban J connectivity index is 1.77. The Morgan fingerprint density at radius 3 is 3.00 bits per heavy atom. The Bertz CT molecular complexity index is 505. The van der Waals surface area contributed by atoms with Crippen LogP contribution in [0.3, 0.4) is 0 Å². The lowest BCUT2D eigenvalue weighted by Crippen LogP contribution is -2.46. The maximum absolute atomic E-state index is 12.6. The molecule has 4 heteroatoms. The van der Waals surface area contributed by atoms with Crippen LogP contribution in [0.4, 0.5) is 0 Å². The van der Waals surface area contributed by atoms with Gasteiger partial charge in [0.1, 0.15) is 0 Å². The Kier molecular flexibility index (Phi) is 3.17. The van der Waals surface area contributed by atoms with Gasteiger partial charge in [-0.05, 0) is 44.4 Å². The van der Waals surface area contributed by atoms with Gasteiger partial charge in [-0.25, -0.2) is 0 Å². The minimum Gasteiger partial charge on any atom is -0.338 e. The average Bonchev–Trinajstić information content (AvgIpc) is 2.85. The van der Waals surface area contributed by atoms with Crippen molar-refractivity contribution in [1.29, 1.82) is 0 Å². The molecule has 1 aliphatic carbocycles. The molecular weight excluding hydrogens is 238 g/mol. The molecule has 0 radical (unpaired) electrons. The van der Waals surface area contributed by atoms with E-state index in [0.29, 0.717) is 5.41 Å². The minimum atomic E-state index is 0.139. The van der Waals surface area contributed by atoms with Gasteiger partial charge in [-0.1, -0.05) is 12.2 Å². The number of allylic oxidation sites excluding steroid dienone is 2. The highest BCUT2D eigenvalue weighted by Gasteiger charge is 2.37. The van der Waals surface area contributed by atoms with Crippen molar-refractivity contribution in [2.75, 3.05) is 13.1 Å². The van der Waals surface area contributed by atoms with Gasteiger partial charge in [-0.2, -0.15) is 5.10 Å². The number of aromatic amines is 1. The smallest absolute Gasteiger partial charge is 0.257 e. The Morgan fingerprint density at radius 2 is 2.32 bits per heavy atom. The van der Waals surface area contributed by atoms with Crippen LogP contribution in [0.1, 0.15) is 48.2 Å². The van der Waals surface area contributed by atoms with Crippen molar-refractivity contribution in [2.24, 2.45) is 5.41 Å². The van der Waals surface area contributed by atoms with E-state index in [9.17, 15) is 4.79 Å². The molecule has 1 atom stereocenters. The van der Waals surface area contributed by atoms with Crippen molar-refractivity contribution in [3.05, 3.63) is 29.6 Å². The van der Waals surface area contributed by atoms with Crippen molar-refractivity contribution in [2.45, 2.75) is 39.0 Å². The Morgan fingerprint density at radius 1 is 1.42 bits per heavy atom. The Hall–Kier alpha value is -1.58. The number of nitrogens with one attached hydrogen (secondary N) is 1. The van der Waals surface area contributed by atoms with E-state index in [0.717, 1.165) is 43.6 Å². The van der Waals surface area contributed by atoms with E-state index in [2.05, 4.69) is 22.3 Å². The zero-order valence-corrected chi connectivity index (χ0v) is 11.5. The summed E-state index contributed by atoms with van der Waals surface area (Å²) in [6, 6.07) is 0. The zero-order valence-electron chi connectivity index (χ0n) is 11.5. The largest absolute Gasteiger partial charge is 0.338 e. The number of carbonyl (C=O) groups excluding carboxylic acids is 1. The molecule has 0 bridgehead atoms. The number of hydrogen-bond donors (Lipinski definition) is 1. The third-order valence-electron chi connectivity index (χ3n) is 4.57. The van der Waals surface area contributed by atoms with Crippen molar-refractivity contribution < 1.29 is 4.79 Å². The molecule has 2 aliphatic rings. The summed E-state index contributed by atoms with van der Waals surface area (Å²) >= 11 is 0. The second-order valence-corrected chi connectivity index (χ2v) is 5.95. The van der Waals surface area contributed by atoms with Gasteiger partial charge < -0.3 is 4.90 Å². The summed E-state index contributed by atoms with van der Waals surface area (Å²) in [5, 5.41) is 6.81. The van der Waals surface area contributed by atoms with E-state index in [1.165, 1.54) is 12.8 Å². The normalized spacial score (nSPS) is 26.9. The SMILES string of the molecule is Cc1[nH]ncc1C(=O)N1CCC[C@]2(CC=CCC2)C1. The quantitative estimate of drug-likeness (QED) is 0.788. The summed E-state index contributed by atoms with van der Waals surface area (Å²) in [4.78, 5) is 14.6. The monoisotopic (exact) mass is 259 g/mol. The summed E-state index contributed by atoms with van der Waals surface area (Å²) in [6.07, 6.45) is 12.1. The van der Waals surface area contributed by atoms with E-state index < -0.39 is 0 Å². The molecule has 102 valence electrons. The second kappa shape index (κ2) is 4.83. The topological polar surface area (TPSA) is 49.0 Å². The van der Waals surface area contributed by atoms with Gasteiger partial charge in [0, 0.05) is 18.8 Å². The van der Waals surface area contributed by atoms with Crippen LogP contribution in [0.15, 0.2) is 18.3 Å². The van der Waals surface area contributed by atoms with Gasteiger partial charge in [-0.3, -0.25) is 9.89 Å². The first kappa shape index (κ1) is 12.5. The maximum atomic E-state index is 12.6. The van der Waals surface area contributed by atoms with Gasteiger partial charge >= 0.3 is 0 Å². The fourth-order valence-corrected chi connectivity index (χ4v) is 3.43. The summed E-state index contributed by atoms with van der Waals surface area (Å²) < 4.78 is 0. The fourth-order valence-electron chi connectivity index (χ4n) is 3.43. The van der Waals surface area contributed by atoms with Gasteiger partial charge in [0.15, 0.2) is 0 Å². The maximum Gasteiger partial charge on any atom is 0.257 e. The first-order chi connectivity index (χ1) is 9.20. The average molecular weight is 259 g/mol. The standard InChI is InChI=1S/C15H21N3O/c1-12-13(10-16-17-12)14(19)18-9-5-8-15(11-18)6-3-2-4-7-15/h2-3,10H,4-9,11H2,1H3,(H,16,17)/t15-/m1/s1. The summed E-state index contributed by atoms with van der Waals surface area (Å²) in [5.41, 5.74) is 1.93. The molecule has 0 aromatic carbocycles. The molecule has 0 saturated carbocycles. The van der Waals surface area contributed by atoms with Crippen LogP contribution < -0.4 is 0 Å². The molecule has 1 saturated heterocycles. The van der Waals surface area contributed by atoms with Crippen LogP contribution in [0.2, 0.25) is 0 Å². The predicted molar refractivity (Wildman–Crippen MR) is 73.9 cm³/mol. The molecule has 1 spiro atoms. The van der Waals surface area contributed by atoms with Crippen LogP contribution in [0, 0.1) is 12.3 Å². The van der Waals surface area contributed by atoms with Crippen LogP contribution in [-0.2, 0) is 0 Å². The number of H-pyrrole nitrogens is 1. The number of aryl methyl sites for hydroxylation is 1. The highest BCUT2D eigenvalue weighted by atomic mass is 16.2.